The average molecular weight is 383 g/mol. The SMILES string of the molecule is C=CC(=O)N(C#C[Si](C)(C)C)Cc1ccccc1I. The number of carbonyl (C=O) groups excluding carboxylic acids is 1. The maximum absolute atomic E-state index is 11.9. The number of hydrogen-bond acceptors (Lipinski definition) is 1. The Kier molecular flexibility index (Phi) is 5.82. The van der Waals surface area contributed by atoms with Crippen molar-refractivity contribution in [3.8, 4) is 11.6 Å². The van der Waals surface area contributed by atoms with E-state index in [1.807, 2.05) is 24.3 Å². The van der Waals surface area contributed by atoms with Gasteiger partial charge in [0.2, 0.25) is 0 Å². The van der Waals surface area contributed by atoms with Gasteiger partial charge in [0.1, 0.15) is 8.07 Å². The number of hydrogen-bond donors (Lipinski definition) is 0. The molecule has 0 saturated heterocycles. The quantitative estimate of drug-likeness (QED) is 0.257. The molecule has 0 saturated carbocycles. The smallest absolute Gasteiger partial charge is 0.257 e. The highest BCUT2D eigenvalue weighted by atomic mass is 127. The van der Waals surface area contributed by atoms with Gasteiger partial charge in [-0.25, -0.2) is 0 Å². The standard InChI is InChI=1S/C15H18INOSi/c1-5-15(18)17(10-11-19(2,3)4)12-13-8-6-7-9-14(13)16/h5-9H,1,12H2,2-4H3. The maximum Gasteiger partial charge on any atom is 0.257 e. The lowest BCUT2D eigenvalue weighted by Gasteiger charge is -2.16. The van der Waals surface area contributed by atoms with Gasteiger partial charge >= 0.3 is 0 Å². The van der Waals surface area contributed by atoms with Crippen molar-refractivity contribution in [2.45, 2.75) is 26.2 Å². The maximum atomic E-state index is 11.9. The largest absolute Gasteiger partial charge is 0.269 e. The Morgan fingerprint density at radius 3 is 2.58 bits per heavy atom. The minimum absolute atomic E-state index is 0.148. The van der Waals surface area contributed by atoms with Gasteiger partial charge in [-0.15, -0.1) is 5.54 Å². The lowest BCUT2D eigenvalue weighted by molar-refractivity contribution is -0.123. The highest BCUT2D eigenvalue weighted by Gasteiger charge is 2.13. The van der Waals surface area contributed by atoms with Gasteiger partial charge in [0.25, 0.3) is 5.91 Å². The van der Waals surface area contributed by atoms with E-state index in [0.29, 0.717) is 6.54 Å². The van der Waals surface area contributed by atoms with Crippen LogP contribution in [0.4, 0.5) is 0 Å². The molecule has 0 fully saturated rings. The molecule has 1 rings (SSSR count). The summed E-state index contributed by atoms with van der Waals surface area (Å²) in [6.07, 6.45) is 1.31. The number of halogens is 1. The van der Waals surface area contributed by atoms with Crippen LogP contribution < -0.4 is 0 Å². The Morgan fingerprint density at radius 1 is 1.42 bits per heavy atom. The van der Waals surface area contributed by atoms with Crippen molar-refractivity contribution in [1.29, 1.82) is 0 Å². The first-order chi connectivity index (χ1) is 8.83. The number of rotatable bonds is 3. The van der Waals surface area contributed by atoms with Crippen molar-refractivity contribution in [2.24, 2.45) is 0 Å². The van der Waals surface area contributed by atoms with E-state index in [0.717, 1.165) is 9.13 Å². The lowest BCUT2D eigenvalue weighted by atomic mass is 10.2. The van der Waals surface area contributed by atoms with Crippen LogP contribution in [-0.4, -0.2) is 18.9 Å². The van der Waals surface area contributed by atoms with Crippen LogP contribution in [0.15, 0.2) is 36.9 Å². The zero-order valence-electron chi connectivity index (χ0n) is 11.5. The molecule has 0 aliphatic heterocycles. The number of nitrogens with zero attached hydrogens (tertiary/aromatic N) is 1. The number of amides is 1. The van der Waals surface area contributed by atoms with Gasteiger partial charge in [0, 0.05) is 9.61 Å². The molecule has 2 nitrogen and oxygen atoms in total. The third kappa shape index (κ3) is 5.62. The van der Waals surface area contributed by atoms with Crippen molar-refractivity contribution < 1.29 is 4.79 Å². The minimum Gasteiger partial charge on any atom is -0.269 e. The molecule has 0 aliphatic rings. The molecule has 100 valence electrons. The molecule has 1 aromatic carbocycles. The predicted octanol–water partition coefficient (Wildman–Crippen LogP) is 3.64. The van der Waals surface area contributed by atoms with Crippen molar-refractivity contribution in [3.05, 3.63) is 46.1 Å². The van der Waals surface area contributed by atoms with Gasteiger partial charge < -0.3 is 0 Å². The second-order valence-electron chi connectivity index (χ2n) is 5.21. The fourth-order valence-electron chi connectivity index (χ4n) is 1.31. The summed E-state index contributed by atoms with van der Waals surface area (Å²) in [5.74, 6) is -0.148. The molecule has 0 aromatic heterocycles. The van der Waals surface area contributed by atoms with Gasteiger partial charge in [-0.1, -0.05) is 44.4 Å². The van der Waals surface area contributed by atoms with E-state index in [2.05, 4.69) is 60.4 Å². The summed E-state index contributed by atoms with van der Waals surface area (Å²) in [7, 11) is -1.50. The van der Waals surface area contributed by atoms with E-state index in [1.54, 1.807) is 4.90 Å². The van der Waals surface area contributed by atoms with Crippen molar-refractivity contribution in [2.75, 3.05) is 0 Å². The van der Waals surface area contributed by atoms with Gasteiger partial charge in [-0.05, 0) is 40.3 Å². The second-order valence-corrected chi connectivity index (χ2v) is 11.1. The Morgan fingerprint density at radius 2 is 2.05 bits per heavy atom. The third-order valence-corrected chi connectivity index (χ3v) is 4.21. The fraction of sp³-hybridized carbons (Fsp3) is 0.267. The zero-order valence-corrected chi connectivity index (χ0v) is 14.7. The van der Waals surface area contributed by atoms with Crippen molar-refractivity contribution in [1.82, 2.24) is 4.90 Å². The first-order valence-electron chi connectivity index (χ1n) is 6.03. The van der Waals surface area contributed by atoms with E-state index < -0.39 is 8.07 Å². The van der Waals surface area contributed by atoms with E-state index in [4.69, 9.17) is 0 Å². The molecular weight excluding hydrogens is 365 g/mol. The van der Waals surface area contributed by atoms with Crippen LogP contribution in [0.25, 0.3) is 0 Å². The molecule has 0 aliphatic carbocycles. The fourth-order valence-corrected chi connectivity index (χ4v) is 2.34. The Balaban J connectivity index is 2.99. The molecule has 0 N–H and O–H groups in total. The van der Waals surface area contributed by atoms with Crippen LogP contribution in [0.1, 0.15) is 5.56 Å². The molecule has 1 amide bonds. The van der Waals surface area contributed by atoms with Crippen LogP contribution in [0.5, 0.6) is 0 Å². The first-order valence-corrected chi connectivity index (χ1v) is 10.6. The molecule has 0 atom stereocenters. The van der Waals surface area contributed by atoms with E-state index in [-0.39, 0.29) is 5.91 Å². The topological polar surface area (TPSA) is 20.3 Å². The molecule has 19 heavy (non-hydrogen) atoms. The monoisotopic (exact) mass is 383 g/mol. The summed E-state index contributed by atoms with van der Waals surface area (Å²) >= 11 is 2.27. The third-order valence-electron chi connectivity index (χ3n) is 2.29. The molecule has 1 aromatic rings. The molecule has 0 heterocycles. The van der Waals surface area contributed by atoms with Crippen molar-refractivity contribution >= 4 is 36.6 Å². The molecule has 0 unspecified atom stereocenters. The minimum atomic E-state index is -1.50. The van der Waals surface area contributed by atoms with E-state index >= 15 is 0 Å². The van der Waals surface area contributed by atoms with E-state index in [9.17, 15) is 4.79 Å². The zero-order chi connectivity index (χ0) is 14.5. The van der Waals surface area contributed by atoms with Crippen LogP contribution in [0, 0.1) is 15.2 Å². The summed E-state index contributed by atoms with van der Waals surface area (Å²) in [4.78, 5) is 13.4. The van der Waals surface area contributed by atoms with Crippen LogP contribution in [-0.2, 0) is 11.3 Å². The summed E-state index contributed by atoms with van der Waals surface area (Å²) in [6.45, 7) is 10.5. The molecule has 0 bridgehead atoms. The summed E-state index contributed by atoms with van der Waals surface area (Å²) < 4.78 is 1.14. The van der Waals surface area contributed by atoms with Gasteiger partial charge in [0.05, 0.1) is 6.54 Å². The first kappa shape index (κ1) is 16.0. The van der Waals surface area contributed by atoms with Crippen LogP contribution >= 0.6 is 22.6 Å². The highest BCUT2D eigenvalue weighted by molar-refractivity contribution is 14.1. The Hall–Kier alpha value is -1.06. The molecule has 0 spiro atoms. The lowest BCUT2D eigenvalue weighted by Crippen LogP contribution is -2.26. The Labute approximate surface area is 130 Å². The van der Waals surface area contributed by atoms with E-state index in [1.165, 1.54) is 6.08 Å². The summed E-state index contributed by atoms with van der Waals surface area (Å²) in [5, 5.41) is 0. The average Bonchev–Trinajstić information content (AvgIpc) is 2.34. The number of carbonyl (C=O) groups is 1. The van der Waals surface area contributed by atoms with Crippen LogP contribution in [0.2, 0.25) is 19.6 Å². The summed E-state index contributed by atoms with van der Waals surface area (Å²) in [5.41, 5.74) is 4.32. The normalized spacial score (nSPS) is 10.3. The van der Waals surface area contributed by atoms with Gasteiger partial charge in [-0.3, -0.25) is 9.69 Å². The molecule has 4 heteroatoms. The second kappa shape index (κ2) is 6.92. The van der Waals surface area contributed by atoms with Gasteiger partial charge in [0.15, 0.2) is 0 Å². The summed E-state index contributed by atoms with van der Waals surface area (Å²) in [6, 6.07) is 11.0. The van der Waals surface area contributed by atoms with Crippen LogP contribution in [0.3, 0.4) is 0 Å². The number of benzene rings is 1. The Bertz CT molecular complexity index is 537. The van der Waals surface area contributed by atoms with Gasteiger partial charge in [-0.2, -0.15) is 0 Å². The molecule has 0 radical (unpaired) electrons. The highest BCUT2D eigenvalue weighted by Crippen LogP contribution is 2.14. The van der Waals surface area contributed by atoms with Crippen molar-refractivity contribution in [3.63, 3.8) is 0 Å². The predicted molar refractivity (Wildman–Crippen MR) is 91.0 cm³/mol. The molecular formula is C15H18INOSi.